The van der Waals surface area contributed by atoms with Crippen LogP contribution in [0.15, 0.2) is 12.4 Å². The van der Waals surface area contributed by atoms with Gasteiger partial charge in [-0.25, -0.2) is 0 Å². The van der Waals surface area contributed by atoms with Crippen LogP contribution < -0.4 is 0 Å². The Labute approximate surface area is 60.1 Å². The van der Waals surface area contributed by atoms with E-state index in [1.807, 2.05) is 13.8 Å². The van der Waals surface area contributed by atoms with E-state index in [0.717, 1.165) is 16.7 Å². The SMILES string of the molecule is Cc1cncc(C)c1C#N. The number of nitrogens with zero attached hydrogens (tertiary/aromatic N) is 2. The van der Waals surface area contributed by atoms with Crippen molar-refractivity contribution in [1.29, 1.82) is 5.26 Å². The van der Waals surface area contributed by atoms with Gasteiger partial charge in [-0.2, -0.15) is 5.26 Å². The van der Waals surface area contributed by atoms with Crippen molar-refractivity contribution < 1.29 is 0 Å². The second kappa shape index (κ2) is 2.49. The number of hydrogen-bond acceptors (Lipinski definition) is 2. The summed E-state index contributed by atoms with van der Waals surface area (Å²) in [6.45, 7) is 3.77. The third kappa shape index (κ3) is 0.985. The van der Waals surface area contributed by atoms with E-state index in [-0.39, 0.29) is 0 Å². The van der Waals surface area contributed by atoms with E-state index in [2.05, 4.69) is 11.1 Å². The van der Waals surface area contributed by atoms with Crippen LogP contribution in [0.2, 0.25) is 0 Å². The fourth-order valence-corrected chi connectivity index (χ4v) is 0.877. The number of nitriles is 1. The van der Waals surface area contributed by atoms with E-state index in [0.29, 0.717) is 0 Å². The molecule has 2 heteroatoms. The maximum Gasteiger partial charge on any atom is 0.0998 e. The number of pyridine rings is 1. The lowest BCUT2D eigenvalue weighted by molar-refractivity contribution is 1.19. The van der Waals surface area contributed by atoms with Gasteiger partial charge in [0.1, 0.15) is 0 Å². The molecule has 0 aliphatic rings. The van der Waals surface area contributed by atoms with Crippen LogP contribution in [0.25, 0.3) is 0 Å². The Hall–Kier alpha value is -1.36. The van der Waals surface area contributed by atoms with Crippen LogP contribution in [0.4, 0.5) is 0 Å². The Morgan fingerprint density at radius 2 is 1.80 bits per heavy atom. The summed E-state index contributed by atoms with van der Waals surface area (Å²) in [5.41, 5.74) is 2.64. The molecule has 0 saturated heterocycles. The van der Waals surface area contributed by atoms with Gasteiger partial charge in [0, 0.05) is 12.4 Å². The minimum absolute atomic E-state index is 0.745. The molecule has 0 bridgehead atoms. The molecule has 1 aromatic rings. The number of hydrogen-bond donors (Lipinski definition) is 0. The Morgan fingerprint density at radius 1 is 1.30 bits per heavy atom. The molecule has 2 nitrogen and oxygen atoms in total. The summed E-state index contributed by atoms with van der Waals surface area (Å²) in [5.74, 6) is 0. The molecule has 10 heavy (non-hydrogen) atoms. The molecule has 0 fully saturated rings. The van der Waals surface area contributed by atoms with Gasteiger partial charge in [-0.15, -0.1) is 0 Å². The van der Waals surface area contributed by atoms with E-state index < -0.39 is 0 Å². The monoisotopic (exact) mass is 132 g/mol. The zero-order valence-electron chi connectivity index (χ0n) is 6.05. The summed E-state index contributed by atoms with van der Waals surface area (Å²) < 4.78 is 0. The van der Waals surface area contributed by atoms with Gasteiger partial charge in [0.25, 0.3) is 0 Å². The molecule has 0 aliphatic heterocycles. The Bertz CT molecular complexity index is 264. The number of aryl methyl sites for hydroxylation is 2. The van der Waals surface area contributed by atoms with Crippen molar-refractivity contribution in [3.63, 3.8) is 0 Å². The topological polar surface area (TPSA) is 36.7 Å². The van der Waals surface area contributed by atoms with Crippen molar-refractivity contribution in [3.05, 3.63) is 29.1 Å². The summed E-state index contributed by atoms with van der Waals surface area (Å²) in [7, 11) is 0. The standard InChI is InChI=1S/C8H8N2/c1-6-4-10-5-7(2)8(6)3-9/h4-5H,1-2H3. The Morgan fingerprint density at radius 3 is 2.10 bits per heavy atom. The molecule has 1 heterocycles. The van der Waals surface area contributed by atoms with Crippen LogP contribution in [-0.2, 0) is 0 Å². The highest BCUT2D eigenvalue weighted by atomic mass is 14.6. The van der Waals surface area contributed by atoms with Crippen molar-refractivity contribution in [2.45, 2.75) is 13.8 Å². The maximum absolute atomic E-state index is 8.62. The molecule has 1 rings (SSSR count). The lowest BCUT2D eigenvalue weighted by Crippen LogP contribution is -1.88. The van der Waals surface area contributed by atoms with E-state index in [9.17, 15) is 0 Å². The summed E-state index contributed by atoms with van der Waals surface area (Å²) in [5, 5.41) is 8.62. The van der Waals surface area contributed by atoms with E-state index in [1.54, 1.807) is 12.4 Å². The predicted molar refractivity (Wildman–Crippen MR) is 38.4 cm³/mol. The van der Waals surface area contributed by atoms with Gasteiger partial charge < -0.3 is 0 Å². The van der Waals surface area contributed by atoms with Crippen LogP contribution >= 0.6 is 0 Å². The molecule has 0 saturated carbocycles. The van der Waals surface area contributed by atoms with Crippen molar-refractivity contribution in [1.82, 2.24) is 4.98 Å². The lowest BCUT2D eigenvalue weighted by atomic mass is 10.1. The van der Waals surface area contributed by atoms with Crippen LogP contribution in [0, 0.1) is 25.2 Å². The minimum atomic E-state index is 0.745. The van der Waals surface area contributed by atoms with Gasteiger partial charge in [0.15, 0.2) is 0 Å². The summed E-state index contributed by atoms with van der Waals surface area (Å²) in [4.78, 5) is 3.94. The Balaban J connectivity index is 3.34. The highest BCUT2D eigenvalue weighted by Gasteiger charge is 1.98. The average Bonchev–Trinajstić information content (AvgIpc) is 1.88. The number of rotatable bonds is 0. The van der Waals surface area contributed by atoms with Gasteiger partial charge in [-0.05, 0) is 25.0 Å². The molecule has 50 valence electrons. The van der Waals surface area contributed by atoms with Crippen LogP contribution in [0.1, 0.15) is 16.7 Å². The van der Waals surface area contributed by atoms with Crippen molar-refractivity contribution in [2.75, 3.05) is 0 Å². The highest BCUT2D eigenvalue weighted by Crippen LogP contribution is 2.08. The second-order valence-corrected chi connectivity index (χ2v) is 2.26. The highest BCUT2D eigenvalue weighted by molar-refractivity contribution is 5.40. The summed E-state index contributed by atoms with van der Waals surface area (Å²) in [6.07, 6.45) is 3.40. The third-order valence-corrected chi connectivity index (χ3v) is 1.44. The molecule has 0 atom stereocenters. The normalized spacial score (nSPS) is 8.90. The van der Waals surface area contributed by atoms with Crippen LogP contribution in [0.5, 0.6) is 0 Å². The van der Waals surface area contributed by atoms with Crippen molar-refractivity contribution in [2.24, 2.45) is 0 Å². The van der Waals surface area contributed by atoms with Crippen LogP contribution in [0.3, 0.4) is 0 Å². The molecule has 0 aliphatic carbocycles. The molecule has 1 aromatic heterocycles. The molecule has 0 aromatic carbocycles. The molecule has 0 radical (unpaired) electrons. The molecular formula is C8H8N2. The quantitative estimate of drug-likeness (QED) is 0.537. The first kappa shape index (κ1) is 6.76. The molecule has 0 unspecified atom stereocenters. The lowest BCUT2D eigenvalue weighted by Gasteiger charge is -1.97. The second-order valence-electron chi connectivity index (χ2n) is 2.26. The van der Waals surface area contributed by atoms with Crippen LogP contribution in [-0.4, -0.2) is 4.98 Å². The van der Waals surface area contributed by atoms with Gasteiger partial charge in [0.05, 0.1) is 11.6 Å². The fraction of sp³-hybridized carbons (Fsp3) is 0.250. The first-order chi connectivity index (χ1) is 4.75. The predicted octanol–water partition coefficient (Wildman–Crippen LogP) is 1.57. The summed E-state index contributed by atoms with van der Waals surface area (Å²) in [6, 6.07) is 2.12. The molecule has 0 amide bonds. The first-order valence-corrected chi connectivity index (χ1v) is 3.07. The van der Waals surface area contributed by atoms with E-state index >= 15 is 0 Å². The average molecular weight is 132 g/mol. The molecule has 0 spiro atoms. The van der Waals surface area contributed by atoms with Crippen molar-refractivity contribution in [3.8, 4) is 6.07 Å². The minimum Gasteiger partial charge on any atom is -0.264 e. The fourth-order valence-electron chi connectivity index (χ4n) is 0.877. The third-order valence-electron chi connectivity index (χ3n) is 1.44. The first-order valence-electron chi connectivity index (χ1n) is 3.07. The van der Waals surface area contributed by atoms with Gasteiger partial charge >= 0.3 is 0 Å². The largest absolute Gasteiger partial charge is 0.264 e. The summed E-state index contributed by atoms with van der Waals surface area (Å²) >= 11 is 0. The Kier molecular flexibility index (Phi) is 1.68. The van der Waals surface area contributed by atoms with Gasteiger partial charge in [-0.3, -0.25) is 4.98 Å². The maximum atomic E-state index is 8.62. The van der Waals surface area contributed by atoms with Gasteiger partial charge in [0.2, 0.25) is 0 Å². The van der Waals surface area contributed by atoms with E-state index in [4.69, 9.17) is 5.26 Å². The van der Waals surface area contributed by atoms with E-state index in [1.165, 1.54) is 0 Å². The zero-order chi connectivity index (χ0) is 7.56. The number of aromatic nitrogens is 1. The molecular weight excluding hydrogens is 124 g/mol. The molecule has 0 N–H and O–H groups in total. The van der Waals surface area contributed by atoms with Crippen molar-refractivity contribution >= 4 is 0 Å². The zero-order valence-corrected chi connectivity index (χ0v) is 6.05. The smallest absolute Gasteiger partial charge is 0.0998 e. The van der Waals surface area contributed by atoms with Gasteiger partial charge in [-0.1, -0.05) is 0 Å².